The molecule has 15 heavy (non-hydrogen) atoms. The molecule has 0 aliphatic heterocycles. The number of nitrogens with zero attached hydrogens (tertiary/aromatic N) is 1. The molecule has 1 aromatic rings. The summed E-state index contributed by atoms with van der Waals surface area (Å²) in [7, 11) is 0. The minimum Gasteiger partial charge on any atom is -0.271 e. The molecule has 0 spiro atoms. The number of rotatable bonds is 6. The Morgan fingerprint density at radius 2 is 2.27 bits per heavy atom. The van der Waals surface area contributed by atoms with E-state index in [-0.39, 0.29) is 6.04 Å². The van der Waals surface area contributed by atoms with Gasteiger partial charge in [-0.05, 0) is 18.1 Å². The second-order valence-electron chi connectivity index (χ2n) is 3.63. The first kappa shape index (κ1) is 12.4. The summed E-state index contributed by atoms with van der Waals surface area (Å²) >= 11 is 5.72. The van der Waals surface area contributed by atoms with Gasteiger partial charge in [-0.1, -0.05) is 43.9 Å². The lowest BCUT2D eigenvalue weighted by Crippen LogP contribution is -2.28. The maximum absolute atomic E-state index is 5.72. The van der Waals surface area contributed by atoms with E-state index in [0.717, 1.165) is 12.0 Å². The molecule has 1 aromatic heterocycles. The van der Waals surface area contributed by atoms with Crippen LogP contribution in [-0.2, 0) is 0 Å². The fraction of sp³-hybridized carbons (Fsp3) is 0.545. The summed E-state index contributed by atoms with van der Waals surface area (Å²) in [6.45, 7) is 2.19. The van der Waals surface area contributed by atoms with Crippen molar-refractivity contribution in [2.75, 3.05) is 0 Å². The van der Waals surface area contributed by atoms with Gasteiger partial charge >= 0.3 is 0 Å². The van der Waals surface area contributed by atoms with Crippen LogP contribution in [0.25, 0.3) is 0 Å². The SMILES string of the molecule is CCCCCC(NN)c1ccc(Cl)nc1. The highest BCUT2D eigenvalue weighted by atomic mass is 35.5. The molecule has 1 rings (SSSR count). The van der Waals surface area contributed by atoms with E-state index in [1.807, 2.05) is 6.07 Å². The summed E-state index contributed by atoms with van der Waals surface area (Å²) in [5.74, 6) is 5.51. The summed E-state index contributed by atoms with van der Waals surface area (Å²) in [5.41, 5.74) is 3.91. The number of halogens is 1. The van der Waals surface area contributed by atoms with Crippen molar-refractivity contribution in [1.29, 1.82) is 0 Å². The Hall–Kier alpha value is -0.640. The largest absolute Gasteiger partial charge is 0.271 e. The molecule has 3 N–H and O–H groups in total. The smallest absolute Gasteiger partial charge is 0.129 e. The van der Waals surface area contributed by atoms with Crippen LogP contribution in [0.4, 0.5) is 0 Å². The average Bonchev–Trinajstić information content (AvgIpc) is 2.26. The van der Waals surface area contributed by atoms with Gasteiger partial charge in [0.1, 0.15) is 5.15 Å². The minimum atomic E-state index is 0.182. The molecule has 1 heterocycles. The molecule has 0 fully saturated rings. The van der Waals surface area contributed by atoms with E-state index in [1.54, 1.807) is 12.3 Å². The third-order valence-electron chi connectivity index (χ3n) is 2.45. The Morgan fingerprint density at radius 3 is 2.80 bits per heavy atom. The number of nitrogens with two attached hydrogens (primary N) is 1. The number of hydrogen-bond acceptors (Lipinski definition) is 3. The van der Waals surface area contributed by atoms with Crippen molar-refractivity contribution in [3.63, 3.8) is 0 Å². The summed E-state index contributed by atoms with van der Waals surface area (Å²) in [6, 6.07) is 3.94. The maximum atomic E-state index is 5.72. The lowest BCUT2D eigenvalue weighted by Gasteiger charge is -2.15. The Morgan fingerprint density at radius 1 is 1.47 bits per heavy atom. The van der Waals surface area contributed by atoms with Crippen molar-refractivity contribution in [3.8, 4) is 0 Å². The van der Waals surface area contributed by atoms with Gasteiger partial charge in [0.15, 0.2) is 0 Å². The van der Waals surface area contributed by atoms with Crippen LogP contribution < -0.4 is 11.3 Å². The average molecular weight is 228 g/mol. The summed E-state index contributed by atoms with van der Waals surface area (Å²) in [5, 5.41) is 0.517. The standard InChI is InChI=1S/C11H18ClN3/c1-2-3-4-5-10(15-13)9-6-7-11(12)14-8-9/h6-8,10,15H,2-5,13H2,1H3. The lowest BCUT2D eigenvalue weighted by molar-refractivity contribution is 0.486. The molecule has 3 nitrogen and oxygen atoms in total. The molecular weight excluding hydrogens is 210 g/mol. The number of hydrogen-bond donors (Lipinski definition) is 2. The van der Waals surface area contributed by atoms with Crippen molar-refractivity contribution in [2.24, 2.45) is 5.84 Å². The number of pyridine rings is 1. The second-order valence-corrected chi connectivity index (χ2v) is 4.02. The maximum Gasteiger partial charge on any atom is 0.129 e. The molecule has 0 radical (unpaired) electrons. The van der Waals surface area contributed by atoms with Crippen molar-refractivity contribution in [3.05, 3.63) is 29.0 Å². The second kappa shape index (κ2) is 6.77. The summed E-state index contributed by atoms with van der Waals surface area (Å²) in [6.07, 6.45) is 6.44. The highest BCUT2D eigenvalue weighted by Crippen LogP contribution is 2.19. The Bertz CT molecular complexity index is 274. The van der Waals surface area contributed by atoms with Crippen LogP contribution in [0.15, 0.2) is 18.3 Å². The fourth-order valence-corrected chi connectivity index (χ4v) is 1.65. The Labute approximate surface area is 96.0 Å². The predicted octanol–water partition coefficient (Wildman–Crippen LogP) is 2.82. The summed E-state index contributed by atoms with van der Waals surface area (Å²) in [4.78, 5) is 4.05. The molecule has 1 unspecified atom stereocenters. The topological polar surface area (TPSA) is 50.9 Å². The van der Waals surface area contributed by atoms with Crippen LogP contribution in [0.5, 0.6) is 0 Å². The van der Waals surface area contributed by atoms with Crippen molar-refractivity contribution >= 4 is 11.6 Å². The molecule has 0 aliphatic rings. The normalized spacial score (nSPS) is 12.7. The van der Waals surface area contributed by atoms with Gasteiger partial charge < -0.3 is 0 Å². The molecule has 0 amide bonds. The van der Waals surface area contributed by atoms with E-state index < -0.39 is 0 Å². The van der Waals surface area contributed by atoms with Gasteiger partial charge in [-0.25, -0.2) is 4.98 Å². The van der Waals surface area contributed by atoms with Gasteiger partial charge in [0.25, 0.3) is 0 Å². The number of nitrogens with one attached hydrogen (secondary N) is 1. The van der Waals surface area contributed by atoms with E-state index in [4.69, 9.17) is 17.4 Å². The zero-order chi connectivity index (χ0) is 11.1. The highest BCUT2D eigenvalue weighted by molar-refractivity contribution is 6.29. The number of hydrazine groups is 1. The van der Waals surface area contributed by atoms with E-state index in [9.17, 15) is 0 Å². The van der Waals surface area contributed by atoms with Gasteiger partial charge in [-0.3, -0.25) is 11.3 Å². The number of unbranched alkanes of at least 4 members (excludes halogenated alkanes) is 2. The fourth-order valence-electron chi connectivity index (χ4n) is 1.54. The molecule has 0 saturated heterocycles. The van der Waals surface area contributed by atoms with E-state index >= 15 is 0 Å². The van der Waals surface area contributed by atoms with E-state index in [2.05, 4.69) is 17.3 Å². The lowest BCUT2D eigenvalue weighted by atomic mass is 10.0. The Kier molecular flexibility index (Phi) is 5.61. The monoisotopic (exact) mass is 227 g/mol. The molecule has 0 aromatic carbocycles. The molecule has 1 atom stereocenters. The molecule has 4 heteroatoms. The van der Waals surface area contributed by atoms with Crippen LogP contribution >= 0.6 is 11.6 Å². The highest BCUT2D eigenvalue weighted by Gasteiger charge is 2.08. The molecular formula is C11H18ClN3. The number of aromatic nitrogens is 1. The summed E-state index contributed by atoms with van der Waals surface area (Å²) < 4.78 is 0. The van der Waals surface area contributed by atoms with E-state index in [0.29, 0.717) is 5.15 Å². The van der Waals surface area contributed by atoms with Gasteiger partial charge in [0.05, 0.1) is 0 Å². The van der Waals surface area contributed by atoms with Gasteiger partial charge in [0, 0.05) is 12.2 Å². The third kappa shape index (κ3) is 4.16. The first-order valence-corrected chi connectivity index (χ1v) is 5.73. The zero-order valence-electron chi connectivity index (χ0n) is 9.04. The van der Waals surface area contributed by atoms with Crippen molar-refractivity contribution in [1.82, 2.24) is 10.4 Å². The quantitative estimate of drug-likeness (QED) is 0.340. The molecule has 84 valence electrons. The van der Waals surface area contributed by atoms with Crippen LogP contribution in [0, 0.1) is 0 Å². The van der Waals surface area contributed by atoms with Crippen LogP contribution in [0.3, 0.4) is 0 Å². The van der Waals surface area contributed by atoms with Crippen LogP contribution in [-0.4, -0.2) is 4.98 Å². The van der Waals surface area contributed by atoms with Crippen LogP contribution in [0.1, 0.15) is 44.2 Å². The minimum absolute atomic E-state index is 0.182. The first-order valence-electron chi connectivity index (χ1n) is 5.35. The molecule has 0 saturated carbocycles. The van der Waals surface area contributed by atoms with Crippen molar-refractivity contribution in [2.45, 2.75) is 38.6 Å². The Balaban J connectivity index is 2.53. The van der Waals surface area contributed by atoms with Gasteiger partial charge in [-0.2, -0.15) is 0 Å². The third-order valence-corrected chi connectivity index (χ3v) is 2.67. The zero-order valence-corrected chi connectivity index (χ0v) is 9.80. The van der Waals surface area contributed by atoms with Gasteiger partial charge in [-0.15, -0.1) is 0 Å². The molecule has 0 aliphatic carbocycles. The molecule has 0 bridgehead atoms. The van der Waals surface area contributed by atoms with Gasteiger partial charge in [0.2, 0.25) is 0 Å². The predicted molar refractivity (Wildman–Crippen MR) is 63.5 cm³/mol. The van der Waals surface area contributed by atoms with E-state index in [1.165, 1.54) is 19.3 Å². The first-order chi connectivity index (χ1) is 7.27. The van der Waals surface area contributed by atoms with Crippen molar-refractivity contribution < 1.29 is 0 Å². The van der Waals surface area contributed by atoms with Crippen LogP contribution in [0.2, 0.25) is 5.15 Å².